The number of hydrogen-bond acceptors (Lipinski definition) is 5. The monoisotopic (exact) mass is 363 g/mol. The molecule has 1 saturated heterocycles. The second-order valence-electron chi connectivity index (χ2n) is 8.33. The van der Waals surface area contributed by atoms with E-state index in [0.717, 1.165) is 6.42 Å². The summed E-state index contributed by atoms with van der Waals surface area (Å²) in [6.45, 7) is 7.04. The fourth-order valence-corrected chi connectivity index (χ4v) is 4.22. The van der Waals surface area contributed by atoms with E-state index in [-0.39, 0.29) is 23.3 Å². The summed E-state index contributed by atoms with van der Waals surface area (Å²) in [6.07, 6.45) is 1.16. The fourth-order valence-electron chi connectivity index (χ4n) is 4.22. The Labute approximate surface area is 153 Å². The molecule has 6 nitrogen and oxygen atoms in total. The van der Waals surface area contributed by atoms with Crippen LogP contribution in [-0.4, -0.2) is 46.3 Å². The summed E-state index contributed by atoms with van der Waals surface area (Å²) in [5.41, 5.74) is 0.196. The molecule has 1 aromatic rings. The summed E-state index contributed by atoms with van der Waals surface area (Å²) in [5.74, 6) is 1.19. The number of aliphatic hydroxyl groups excluding tert-OH is 2. The molecular weight excluding hydrogens is 334 g/mol. The van der Waals surface area contributed by atoms with Crippen molar-refractivity contribution in [3.05, 3.63) is 33.4 Å². The number of carbonyl (C=O) groups is 1. The first-order valence-corrected chi connectivity index (χ1v) is 9.55. The van der Waals surface area contributed by atoms with Crippen molar-refractivity contribution in [1.29, 1.82) is 0 Å². The lowest BCUT2D eigenvalue weighted by Crippen LogP contribution is -2.38. The molecular formula is C20H29NO5. The molecule has 6 heteroatoms. The van der Waals surface area contributed by atoms with Gasteiger partial charge in [-0.15, -0.1) is 0 Å². The van der Waals surface area contributed by atoms with E-state index in [1.165, 1.54) is 0 Å². The van der Waals surface area contributed by atoms with Crippen molar-refractivity contribution >= 4 is 5.91 Å². The third-order valence-electron chi connectivity index (χ3n) is 5.78. The molecule has 0 radical (unpaired) electrons. The van der Waals surface area contributed by atoms with Gasteiger partial charge in [-0.3, -0.25) is 4.79 Å². The third kappa shape index (κ3) is 3.86. The lowest BCUT2D eigenvalue weighted by molar-refractivity contribution is -0.0372. The lowest BCUT2D eigenvalue weighted by Gasteiger charge is -2.31. The van der Waals surface area contributed by atoms with Gasteiger partial charge in [-0.2, -0.15) is 0 Å². The Bertz CT molecular complexity index is 707. The van der Waals surface area contributed by atoms with Gasteiger partial charge in [0.25, 0.3) is 5.91 Å². The second-order valence-corrected chi connectivity index (χ2v) is 8.33. The van der Waals surface area contributed by atoms with Gasteiger partial charge in [0.15, 0.2) is 0 Å². The van der Waals surface area contributed by atoms with Crippen LogP contribution in [0.25, 0.3) is 0 Å². The molecule has 4 atom stereocenters. The molecule has 2 aliphatic rings. The van der Waals surface area contributed by atoms with Crippen LogP contribution in [0.5, 0.6) is 0 Å². The van der Waals surface area contributed by atoms with Crippen molar-refractivity contribution < 1.29 is 19.4 Å². The van der Waals surface area contributed by atoms with E-state index in [1.54, 1.807) is 17.9 Å². The quantitative estimate of drug-likeness (QED) is 0.850. The molecule has 0 unspecified atom stereocenters. The molecule has 1 aliphatic carbocycles. The first-order valence-electron chi connectivity index (χ1n) is 9.55. The zero-order valence-corrected chi connectivity index (χ0v) is 15.8. The van der Waals surface area contributed by atoms with Gasteiger partial charge in [-0.05, 0) is 55.6 Å². The summed E-state index contributed by atoms with van der Waals surface area (Å²) in [6, 6.07) is 1.80. The van der Waals surface area contributed by atoms with Crippen molar-refractivity contribution in [2.75, 3.05) is 13.1 Å². The van der Waals surface area contributed by atoms with Crippen LogP contribution in [0.15, 0.2) is 15.3 Å². The Kier molecular flexibility index (Phi) is 5.53. The van der Waals surface area contributed by atoms with Crippen LogP contribution < -0.4 is 5.63 Å². The first kappa shape index (κ1) is 19.1. The summed E-state index contributed by atoms with van der Waals surface area (Å²) >= 11 is 0. The Hall–Kier alpha value is -1.66. The van der Waals surface area contributed by atoms with Crippen LogP contribution in [-0.2, 0) is 6.42 Å². The zero-order valence-electron chi connectivity index (χ0n) is 15.8. The molecule has 1 aliphatic heterocycles. The molecule has 3 rings (SSSR count). The topological polar surface area (TPSA) is 91.0 Å². The van der Waals surface area contributed by atoms with E-state index in [1.807, 2.05) is 0 Å². The van der Waals surface area contributed by atoms with E-state index in [4.69, 9.17) is 4.42 Å². The van der Waals surface area contributed by atoms with E-state index in [0.29, 0.717) is 49.6 Å². The van der Waals surface area contributed by atoms with Gasteiger partial charge in [0.1, 0.15) is 11.3 Å². The first-order chi connectivity index (χ1) is 12.3. The van der Waals surface area contributed by atoms with E-state index in [9.17, 15) is 19.8 Å². The van der Waals surface area contributed by atoms with E-state index in [2.05, 4.69) is 13.8 Å². The maximum Gasteiger partial charge on any atom is 0.349 e. The van der Waals surface area contributed by atoms with Crippen LogP contribution in [0.2, 0.25) is 0 Å². The van der Waals surface area contributed by atoms with Crippen molar-refractivity contribution in [2.24, 2.45) is 17.8 Å². The third-order valence-corrected chi connectivity index (χ3v) is 5.78. The summed E-state index contributed by atoms with van der Waals surface area (Å²) in [4.78, 5) is 27.0. The van der Waals surface area contributed by atoms with Crippen LogP contribution in [0.1, 0.15) is 54.8 Å². The molecule has 2 fully saturated rings. The van der Waals surface area contributed by atoms with Crippen LogP contribution in [0.3, 0.4) is 0 Å². The van der Waals surface area contributed by atoms with Gasteiger partial charge in [0.05, 0.1) is 12.2 Å². The number of carbonyl (C=O) groups excluding carboxylic acids is 1. The Morgan fingerprint density at radius 1 is 1.23 bits per heavy atom. The predicted molar refractivity (Wildman–Crippen MR) is 97.0 cm³/mol. The van der Waals surface area contributed by atoms with Gasteiger partial charge in [-0.1, -0.05) is 13.8 Å². The van der Waals surface area contributed by atoms with Gasteiger partial charge < -0.3 is 19.5 Å². The number of fused-ring (bicyclic) bond motifs is 1. The Morgan fingerprint density at radius 2 is 1.81 bits per heavy atom. The van der Waals surface area contributed by atoms with Gasteiger partial charge in [-0.25, -0.2) is 4.79 Å². The maximum absolute atomic E-state index is 12.9. The van der Waals surface area contributed by atoms with Crippen molar-refractivity contribution in [2.45, 2.75) is 58.7 Å². The Balaban J connectivity index is 1.75. The molecule has 2 N–H and O–H groups in total. The summed E-state index contributed by atoms with van der Waals surface area (Å²) in [5, 5.41) is 19.7. The number of rotatable bonds is 4. The molecule has 0 aromatic carbocycles. The molecule has 0 spiro atoms. The molecule has 1 saturated carbocycles. The standard InChI is InChI=1S/C20H29NO5/c1-11(2)4-5-15-6-12(3)18(20(25)26-15)19(24)21-9-13-7-16(22)17(23)8-14(13)10-21/h6,11,13-14,16-17,22-23H,4-5,7-10H2,1-3H3/t13-,14+,16-,17-/m0/s1. The SMILES string of the molecule is Cc1cc(CCC(C)C)oc(=O)c1C(=O)N1C[C@H]2C[C@H](O)[C@@H](O)C[C@H]2C1. The highest BCUT2D eigenvalue weighted by molar-refractivity contribution is 5.95. The fraction of sp³-hybridized carbons (Fsp3) is 0.700. The smallest absolute Gasteiger partial charge is 0.349 e. The van der Waals surface area contributed by atoms with Crippen molar-refractivity contribution in [3.63, 3.8) is 0 Å². The molecule has 144 valence electrons. The van der Waals surface area contributed by atoms with Gasteiger partial charge in [0, 0.05) is 19.5 Å². The molecule has 1 aromatic heterocycles. The number of amides is 1. The number of hydrogen-bond donors (Lipinski definition) is 2. The minimum atomic E-state index is -0.724. The van der Waals surface area contributed by atoms with Crippen LogP contribution in [0, 0.1) is 24.7 Å². The predicted octanol–water partition coefficient (Wildman–Crippen LogP) is 1.74. The number of aryl methyl sites for hydroxylation is 2. The molecule has 2 heterocycles. The van der Waals surface area contributed by atoms with Crippen LogP contribution in [0.4, 0.5) is 0 Å². The van der Waals surface area contributed by atoms with Crippen LogP contribution >= 0.6 is 0 Å². The average molecular weight is 363 g/mol. The normalized spacial score (nSPS) is 28.5. The Morgan fingerprint density at radius 3 is 2.31 bits per heavy atom. The summed E-state index contributed by atoms with van der Waals surface area (Å²) < 4.78 is 5.39. The minimum absolute atomic E-state index is 0.109. The molecule has 1 amide bonds. The molecule has 0 bridgehead atoms. The zero-order chi connectivity index (χ0) is 19.0. The average Bonchev–Trinajstić information content (AvgIpc) is 2.95. The number of likely N-dealkylation sites (tertiary alicyclic amines) is 1. The number of aliphatic hydroxyl groups is 2. The second kappa shape index (κ2) is 7.53. The van der Waals surface area contributed by atoms with E-state index < -0.39 is 17.8 Å². The highest BCUT2D eigenvalue weighted by atomic mass is 16.4. The highest BCUT2D eigenvalue weighted by Crippen LogP contribution is 2.37. The maximum atomic E-state index is 12.9. The van der Waals surface area contributed by atoms with Gasteiger partial charge in [0.2, 0.25) is 0 Å². The van der Waals surface area contributed by atoms with E-state index >= 15 is 0 Å². The minimum Gasteiger partial charge on any atom is -0.427 e. The summed E-state index contributed by atoms with van der Waals surface area (Å²) in [7, 11) is 0. The molecule has 26 heavy (non-hydrogen) atoms. The number of nitrogens with zero attached hydrogens (tertiary/aromatic N) is 1. The largest absolute Gasteiger partial charge is 0.427 e. The van der Waals surface area contributed by atoms with Crippen molar-refractivity contribution in [1.82, 2.24) is 4.90 Å². The van der Waals surface area contributed by atoms with Crippen molar-refractivity contribution in [3.8, 4) is 0 Å². The highest BCUT2D eigenvalue weighted by Gasteiger charge is 2.43. The van der Waals surface area contributed by atoms with Gasteiger partial charge >= 0.3 is 5.63 Å². The lowest BCUT2D eigenvalue weighted by atomic mass is 9.79.